The molecule has 0 radical (unpaired) electrons. The third kappa shape index (κ3) is 8.74. The summed E-state index contributed by atoms with van der Waals surface area (Å²) in [5, 5.41) is 14.5. The van der Waals surface area contributed by atoms with E-state index in [2.05, 4.69) is 21.2 Å². The van der Waals surface area contributed by atoms with Crippen LogP contribution in [0.3, 0.4) is 0 Å². The van der Waals surface area contributed by atoms with E-state index in [-0.39, 0.29) is 34.8 Å². The number of sulfonamides is 1. The van der Waals surface area contributed by atoms with Crippen molar-refractivity contribution in [3.05, 3.63) is 128 Å². The van der Waals surface area contributed by atoms with Crippen LogP contribution in [0.2, 0.25) is 0 Å². The summed E-state index contributed by atoms with van der Waals surface area (Å²) in [6.45, 7) is 2.90. The first-order valence-electron chi connectivity index (χ1n) is 14.7. The molecule has 1 atom stereocenters. The van der Waals surface area contributed by atoms with Gasteiger partial charge in [-0.25, -0.2) is 8.42 Å². The zero-order valence-corrected chi connectivity index (χ0v) is 28.5. The molecule has 0 saturated carbocycles. The Morgan fingerprint density at radius 2 is 1.64 bits per heavy atom. The number of nitrogens with one attached hydrogen (secondary N) is 1. The van der Waals surface area contributed by atoms with Crippen molar-refractivity contribution in [1.82, 2.24) is 10.2 Å². The summed E-state index contributed by atoms with van der Waals surface area (Å²) < 4.78 is 35.4. The number of hydrogen-bond acceptors (Lipinski definition) is 7. The van der Waals surface area contributed by atoms with Crippen LogP contribution in [0.1, 0.15) is 23.6 Å². The Bertz CT molecular complexity index is 1840. The van der Waals surface area contributed by atoms with Gasteiger partial charge in [0.1, 0.15) is 18.3 Å². The maximum absolute atomic E-state index is 14.5. The van der Waals surface area contributed by atoms with Crippen LogP contribution in [-0.4, -0.2) is 56.3 Å². The average Bonchev–Trinajstić information content (AvgIpc) is 3.05. The molecule has 0 heterocycles. The molecule has 13 heteroatoms. The number of halogens is 1. The second-order valence-corrected chi connectivity index (χ2v) is 13.4. The summed E-state index contributed by atoms with van der Waals surface area (Å²) in [6.07, 6.45) is 0.172. The van der Waals surface area contributed by atoms with Crippen LogP contribution in [0.4, 0.5) is 11.4 Å². The van der Waals surface area contributed by atoms with E-state index >= 15 is 0 Å². The molecule has 4 aromatic carbocycles. The molecule has 47 heavy (non-hydrogen) atoms. The van der Waals surface area contributed by atoms with E-state index in [0.717, 1.165) is 20.4 Å². The molecule has 1 N–H and O–H groups in total. The number of nitro benzene ring substituents is 1. The van der Waals surface area contributed by atoms with Crippen molar-refractivity contribution in [3.8, 4) is 5.75 Å². The topological polar surface area (TPSA) is 139 Å². The van der Waals surface area contributed by atoms with Crippen molar-refractivity contribution in [1.29, 1.82) is 0 Å². The fourth-order valence-corrected chi connectivity index (χ4v) is 6.91. The van der Waals surface area contributed by atoms with E-state index in [4.69, 9.17) is 4.74 Å². The van der Waals surface area contributed by atoms with Crippen LogP contribution < -0.4 is 14.4 Å². The van der Waals surface area contributed by atoms with Gasteiger partial charge in [0.25, 0.3) is 15.7 Å². The number of anilines is 1. The van der Waals surface area contributed by atoms with Crippen LogP contribution in [0.25, 0.3) is 0 Å². The molecule has 0 unspecified atom stereocenters. The van der Waals surface area contributed by atoms with Crippen molar-refractivity contribution in [2.75, 3.05) is 24.5 Å². The largest absolute Gasteiger partial charge is 0.497 e. The number of nitro groups is 1. The number of carbonyl (C=O) groups is 2. The molecule has 11 nitrogen and oxygen atoms in total. The molecule has 0 saturated heterocycles. The number of nitrogens with zero attached hydrogens (tertiary/aromatic N) is 3. The van der Waals surface area contributed by atoms with Gasteiger partial charge in [0.15, 0.2) is 0 Å². The Kier molecular flexibility index (Phi) is 11.7. The number of methoxy groups -OCH3 is 1. The van der Waals surface area contributed by atoms with Gasteiger partial charge in [0.05, 0.1) is 22.6 Å². The Morgan fingerprint density at radius 1 is 0.957 bits per heavy atom. The maximum atomic E-state index is 14.5. The van der Waals surface area contributed by atoms with Crippen LogP contribution in [-0.2, 0) is 32.6 Å². The lowest BCUT2D eigenvalue weighted by Gasteiger charge is -2.34. The predicted octanol–water partition coefficient (Wildman–Crippen LogP) is 5.65. The standard InChI is InChI=1S/C34H35BrN4O7S/c1-4-36-34(41)32(20-25-9-6-5-7-10-25)37(22-26-11-8-12-27(35)19-26)33(40)23-38(28-14-16-29(46-3)17-15-28)47(44,45)30-18-13-24(2)31(21-30)39(42)43/h5-19,21,32H,4,20,22-23H2,1-3H3,(H,36,41)/t32-/m1/s1. The van der Waals surface area contributed by atoms with E-state index in [0.29, 0.717) is 17.9 Å². The minimum atomic E-state index is -4.54. The number of amides is 2. The SMILES string of the molecule is CCNC(=O)[C@@H](Cc1ccccc1)N(Cc1cccc(Br)c1)C(=O)CN(c1ccc(OC)cc1)S(=O)(=O)c1ccc(C)c([N+](=O)[O-])c1. The Balaban J connectivity index is 1.83. The highest BCUT2D eigenvalue weighted by molar-refractivity contribution is 9.10. The zero-order valence-electron chi connectivity index (χ0n) is 26.1. The lowest BCUT2D eigenvalue weighted by molar-refractivity contribution is -0.385. The molecule has 4 rings (SSSR count). The number of hydrogen-bond donors (Lipinski definition) is 1. The minimum absolute atomic E-state index is 0.000584. The van der Waals surface area contributed by atoms with Gasteiger partial charge in [-0.05, 0) is 67.4 Å². The van der Waals surface area contributed by atoms with Gasteiger partial charge in [-0.2, -0.15) is 0 Å². The molecule has 0 aliphatic rings. The van der Waals surface area contributed by atoms with Gasteiger partial charge in [0.2, 0.25) is 11.8 Å². The third-order valence-corrected chi connectivity index (χ3v) is 9.73. The Morgan fingerprint density at radius 3 is 2.26 bits per heavy atom. The third-order valence-electron chi connectivity index (χ3n) is 7.47. The second kappa shape index (κ2) is 15.7. The molecule has 2 amide bonds. The number of aryl methyl sites for hydroxylation is 1. The Hall–Kier alpha value is -4.75. The summed E-state index contributed by atoms with van der Waals surface area (Å²) in [6, 6.07) is 25.2. The molecular formula is C34H35BrN4O7S. The molecule has 0 aromatic heterocycles. The van der Waals surface area contributed by atoms with Crippen LogP contribution >= 0.6 is 15.9 Å². The molecule has 4 aromatic rings. The normalized spacial score (nSPS) is 11.7. The molecule has 246 valence electrons. The molecule has 0 spiro atoms. The molecule has 0 bridgehead atoms. The molecule has 0 fully saturated rings. The summed E-state index contributed by atoms with van der Waals surface area (Å²) in [7, 11) is -3.07. The van der Waals surface area contributed by atoms with Crippen LogP contribution in [0, 0.1) is 17.0 Å². The summed E-state index contributed by atoms with van der Waals surface area (Å²) >= 11 is 3.46. The van der Waals surface area contributed by atoms with Gasteiger partial charge in [-0.1, -0.05) is 64.5 Å². The lowest BCUT2D eigenvalue weighted by atomic mass is 10.0. The predicted molar refractivity (Wildman–Crippen MR) is 183 cm³/mol. The highest BCUT2D eigenvalue weighted by Gasteiger charge is 2.35. The first-order chi connectivity index (χ1) is 22.4. The van der Waals surface area contributed by atoms with Crippen molar-refractivity contribution in [2.45, 2.75) is 37.8 Å². The van der Waals surface area contributed by atoms with Crippen molar-refractivity contribution in [3.63, 3.8) is 0 Å². The highest BCUT2D eigenvalue weighted by atomic mass is 79.9. The second-order valence-electron chi connectivity index (χ2n) is 10.7. The first kappa shape index (κ1) is 35.1. The molecule has 0 aliphatic heterocycles. The van der Waals surface area contributed by atoms with Gasteiger partial charge in [-0.15, -0.1) is 0 Å². The fourth-order valence-electron chi connectivity index (χ4n) is 5.03. The average molecular weight is 724 g/mol. The van der Waals surface area contributed by atoms with E-state index in [1.54, 1.807) is 25.1 Å². The van der Waals surface area contributed by atoms with Crippen molar-refractivity contribution in [2.24, 2.45) is 0 Å². The van der Waals surface area contributed by atoms with E-state index in [9.17, 15) is 28.1 Å². The van der Waals surface area contributed by atoms with Gasteiger partial charge >= 0.3 is 0 Å². The number of carbonyl (C=O) groups excluding carboxylic acids is 2. The Labute approximate surface area is 282 Å². The van der Waals surface area contributed by atoms with Crippen molar-refractivity contribution < 1.29 is 27.7 Å². The quantitative estimate of drug-likeness (QED) is 0.131. The van der Waals surface area contributed by atoms with Gasteiger partial charge in [0, 0.05) is 35.6 Å². The highest BCUT2D eigenvalue weighted by Crippen LogP contribution is 2.30. The first-order valence-corrected chi connectivity index (χ1v) is 16.9. The van der Waals surface area contributed by atoms with E-state index < -0.39 is 39.3 Å². The summed E-state index contributed by atoms with van der Waals surface area (Å²) in [5.41, 5.74) is 1.56. The van der Waals surface area contributed by atoms with Crippen LogP contribution in [0.15, 0.2) is 106 Å². The van der Waals surface area contributed by atoms with E-state index in [1.807, 2.05) is 48.5 Å². The zero-order chi connectivity index (χ0) is 34.1. The minimum Gasteiger partial charge on any atom is -0.497 e. The van der Waals surface area contributed by atoms with Gasteiger partial charge < -0.3 is 15.0 Å². The number of rotatable bonds is 14. The molecular weight excluding hydrogens is 688 g/mol. The smallest absolute Gasteiger partial charge is 0.273 e. The number of likely N-dealkylation sites (N-methyl/N-ethyl adjacent to an activating group) is 1. The molecule has 0 aliphatic carbocycles. The fraction of sp³-hybridized carbons (Fsp3) is 0.235. The number of ether oxygens (including phenoxy) is 1. The number of benzene rings is 4. The maximum Gasteiger partial charge on any atom is 0.273 e. The monoisotopic (exact) mass is 722 g/mol. The summed E-state index contributed by atoms with van der Waals surface area (Å²) in [5.74, 6) is -0.593. The lowest BCUT2D eigenvalue weighted by Crippen LogP contribution is -2.53. The van der Waals surface area contributed by atoms with Gasteiger partial charge in [-0.3, -0.25) is 24.0 Å². The van der Waals surface area contributed by atoms with Crippen molar-refractivity contribution >= 4 is 49.1 Å². The summed E-state index contributed by atoms with van der Waals surface area (Å²) in [4.78, 5) is 40.1. The van der Waals surface area contributed by atoms with E-state index in [1.165, 1.54) is 43.2 Å². The van der Waals surface area contributed by atoms with Crippen LogP contribution in [0.5, 0.6) is 5.75 Å².